The van der Waals surface area contributed by atoms with Crippen molar-refractivity contribution in [2.75, 3.05) is 6.54 Å². The monoisotopic (exact) mass is 455 g/mol. The van der Waals surface area contributed by atoms with E-state index >= 15 is 0 Å². The zero-order valence-electron chi connectivity index (χ0n) is 16.0. The molecule has 2 aromatic carbocycles. The molecule has 0 spiro atoms. The first-order valence-electron chi connectivity index (χ1n) is 9.67. The number of hydrogen-bond donors (Lipinski definition) is 0. The largest absolute Gasteiger partial charge is 0.321 e. The van der Waals surface area contributed by atoms with E-state index in [0.29, 0.717) is 0 Å². The average Bonchev–Trinajstić information content (AvgIpc) is 2.78. The molecule has 0 aliphatic carbocycles. The van der Waals surface area contributed by atoms with Crippen molar-refractivity contribution in [2.45, 2.75) is 30.8 Å². The fourth-order valence-corrected chi connectivity index (χ4v) is 10.8. The van der Waals surface area contributed by atoms with Gasteiger partial charge in [-0.15, -0.1) is 11.8 Å². The van der Waals surface area contributed by atoms with Gasteiger partial charge in [-0.2, -0.15) is 5.26 Å². The topological polar surface area (TPSA) is 39.4 Å². The van der Waals surface area contributed by atoms with Gasteiger partial charge in [-0.3, -0.25) is 0 Å². The van der Waals surface area contributed by atoms with Crippen LogP contribution < -0.4 is 0 Å². The molecule has 0 N–H and O–H groups in total. The highest BCUT2D eigenvalue weighted by molar-refractivity contribution is 8.69. The molecule has 2 aliphatic rings. The van der Waals surface area contributed by atoms with E-state index in [1.807, 2.05) is 24.3 Å². The SMILES string of the molecule is N#CC1=C2CCCCN2[P@@](=S)(SCc2ccccc2)N=C1SCc1ccccc1. The van der Waals surface area contributed by atoms with Gasteiger partial charge in [0.25, 0.3) is 0 Å². The number of rotatable bonds is 5. The Morgan fingerprint density at radius 1 is 1.00 bits per heavy atom. The van der Waals surface area contributed by atoms with Crippen LogP contribution in [0.2, 0.25) is 0 Å². The molecule has 1 saturated heterocycles. The highest BCUT2D eigenvalue weighted by atomic mass is 32.9. The first kappa shape index (κ1) is 20.8. The summed E-state index contributed by atoms with van der Waals surface area (Å²) >= 11 is 9.65. The molecule has 1 fully saturated rings. The number of nitrogens with zero attached hydrogens (tertiary/aromatic N) is 3. The molecule has 0 saturated carbocycles. The van der Waals surface area contributed by atoms with E-state index in [0.717, 1.165) is 53.6 Å². The zero-order valence-corrected chi connectivity index (χ0v) is 19.4. The van der Waals surface area contributed by atoms with E-state index < -0.39 is 5.54 Å². The molecule has 2 aromatic rings. The molecule has 0 bridgehead atoms. The molecular formula is C22H22N3PS3. The van der Waals surface area contributed by atoms with E-state index in [4.69, 9.17) is 16.6 Å². The molecule has 0 radical (unpaired) electrons. The Labute approximate surface area is 186 Å². The lowest BCUT2D eigenvalue weighted by atomic mass is 10.1. The molecular weight excluding hydrogens is 433 g/mol. The predicted molar refractivity (Wildman–Crippen MR) is 130 cm³/mol. The summed E-state index contributed by atoms with van der Waals surface area (Å²) in [7, 11) is 0. The third kappa shape index (κ3) is 4.81. The second-order valence-electron chi connectivity index (χ2n) is 6.94. The second kappa shape index (κ2) is 9.53. The molecule has 148 valence electrons. The zero-order chi connectivity index (χ0) is 20.1. The van der Waals surface area contributed by atoms with Crippen molar-refractivity contribution >= 4 is 45.5 Å². The first-order chi connectivity index (χ1) is 14.2. The van der Waals surface area contributed by atoms with Crippen molar-refractivity contribution in [3.05, 3.63) is 83.1 Å². The Bertz CT molecular complexity index is 1010. The van der Waals surface area contributed by atoms with Crippen LogP contribution in [0.25, 0.3) is 0 Å². The maximum atomic E-state index is 9.92. The molecule has 4 rings (SSSR count). The Morgan fingerprint density at radius 2 is 1.66 bits per heavy atom. The summed E-state index contributed by atoms with van der Waals surface area (Å²) in [5.41, 5.74) is 2.18. The molecule has 7 heteroatoms. The van der Waals surface area contributed by atoms with Crippen LogP contribution in [0.4, 0.5) is 0 Å². The van der Waals surface area contributed by atoms with Crippen LogP contribution in [0, 0.1) is 11.3 Å². The lowest BCUT2D eigenvalue weighted by molar-refractivity contribution is 0.442. The van der Waals surface area contributed by atoms with E-state index in [9.17, 15) is 5.26 Å². The molecule has 3 nitrogen and oxygen atoms in total. The van der Waals surface area contributed by atoms with Gasteiger partial charge in [0.2, 0.25) is 0 Å². The highest BCUT2D eigenvalue weighted by Gasteiger charge is 2.37. The predicted octanol–water partition coefficient (Wildman–Crippen LogP) is 6.75. The van der Waals surface area contributed by atoms with Crippen molar-refractivity contribution in [1.29, 1.82) is 5.26 Å². The Morgan fingerprint density at radius 3 is 2.31 bits per heavy atom. The molecule has 0 unspecified atom stereocenters. The van der Waals surface area contributed by atoms with Gasteiger partial charge in [-0.25, -0.2) is 4.76 Å². The molecule has 0 amide bonds. The number of benzene rings is 2. The maximum Gasteiger partial charge on any atom is 0.199 e. The summed E-state index contributed by atoms with van der Waals surface area (Å²) < 4.78 is 7.40. The summed E-state index contributed by atoms with van der Waals surface area (Å²) in [5, 5.41) is 10.8. The average molecular weight is 456 g/mol. The minimum absolute atomic E-state index is 0.742. The maximum absolute atomic E-state index is 9.92. The van der Waals surface area contributed by atoms with Crippen LogP contribution in [-0.2, 0) is 23.3 Å². The van der Waals surface area contributed by atoms with Crippen molar-refractivity contribution in [2.24, 2.45) is 4.76 Å². The third-order valence-electron chi connectivity index (χ3n) is 4.94. The molecule has 2 heterocycles. The van der Waals surface area contributed by atoms with Crippen LogP contribution in [0.5, 0.6) is 0 Å². The van der Waals surface area contributed by atoms with E-state index in [2.05, 4.69) is 47.1 Å². The number of allylic oxidation sites excluding steroid dienone is 1. The first-order valence-corrected chi connectivity index (χ1v) is 14.9. The van der Waals surface area contributed by atoms with Crippen molar-refractivity contribution < 1.29 is 0 Å². The normalized spacial score (nSPS) is 21.3. The van der Waals surface area contributed by atoms with Gasteiger partial charge < -0.3 is 4.67 Å². The van der Waals surface area contributed by atoms with Crippen LogP contribution in [-0.4, -0.2) is 16.3 Å². The van der Waals surface area contributed by atoms with E-state index in [1.165, 1.54) is 11.1 Å². The smallest absolute Gasteiger partial charge is 0.199 e. The number of nitriles is 1. The number of fused-ring (bicyclic) bond motifs is 1. The summed E-state index contributed by atoms with van der Waals surface area (Å²) in [6.45, 7) is 0.916. The van der Waals surface area contributed by atoms with E-state index in [-0.39, 0.29) is 0 Å². The van der Waals surface area contributed by atoms with Crippen LogP contribution in [0.1, 0.15) is 30.4 Å². The summed E-state index contributed by atoms with van der Waals surface area (Å²) in [6.07, 6.45) is 3.17. The number of thioether (sulfide) groups is 1. The third-order valence-corrected chi connectivity index (χ3v) is 12.4. The lowest BCUT2D eigenvalue weighted by Crippen LogP contribution is -2.29. The van der Waals surface area contributed by atoms with Gasteiger partial charge in [0.1, 0.15) is 16.7 Å². The van der Waals surface area contributed by atoms with Gasteiger partial charge in [-0.1, -0.05) is 72.0 Å². The Kier molecular flexibility index (Phi) is 6.82. The van der Waals surface area contributed by atoms with Crippen LogP contribution in [0.15, 0.2) is 76.7 Å². The van der Waals surface area contributed by atoms with Crippen LogP contribution >= 0.6 is 28.7 Å². The Balaban J connectivity index is 1.62. The van der Waals surface area contributed by atoms with Gasteiger partial charge >= 0.3 is 0 Å². The minimum Gasteiger partial charge on any atom is -0.321 e. The highest BCUT2D eigenvalue weighted by Crippen LogP contribution is 2.69. The van der Waals surface area contributed by atoms with Crippen molar-refractivity contribution in [3.63, 3.8) is 0 Å². The summed E-state index contributed by atoms with van der Waals surface area (Å²) in [6, 6.07) is 23.2. The fourth-order valence-electron chi connectivity index (χ4n) is 3.46. The number of piperidine rings is 1. The molecule has 1 atom stereocenters. The number of hydrogen-bond acceptors (Lipinski definition) is 4. The van der Waals surface area contributed by atoms with Gasteiger partial charge in [0.15, 0.2) is 5.54 Å². The summed E-state index contributed by atoms with van der Waals surface area (Å²) in [4.78, 5) is 0. The van der Waals surface area contributed by atoms with Gasteiger partial charge in [0, 0.05) is 23.7 Å². The van der Waals surface area contributed by atoms with Crippen molar-refractivity contribution in [3.8, 4) is 6.07 Å². The summed E-state index contributed by atoms with van der Waals surface area (Å²) in [5.74, 6) is 1.65. The molecule has 0 aromatic heterocycles. The Hall–Kier alpha value is -1.51. The van der Waals surface area contributed by atoms with Crippen LogP contribution in [0.3, 0.4) is 0 Å². The lowest BCUT2D eigenvalue weighted by Gasteiger charge is -2.41. The van der Waals surface area contributed by atoms with E-state index in [1.54, 1.807) is 23.1 Å². The van der Waals surface area contributed by atoms with Gasteiger partial charge in [0.05, 0.1) is 0 Å². The quantitative estimate of drug-likeness (QED) is 0.466. The standard InChI is InChI=1S/C22H22N3PS3/c23-15-20-21-13-7-8-14-25(21)26(27,29-17-19-11-5-2-6-12-19)24-22(20)28-16-18-9-3-1-4-10-18/h1-6,9-12H,7-8,13-14,16-17H2/t26-/m0/s1. The molecule has 2 aliphatic heterocycles. The van der Waals surface area contributed by atoms with Gasteiger partial charge in [-0.05, 0) is 42.2 Å². The molecule has 29 heavy (non-hydrogen) atoms. The van der Waals surface area contributed by atoms with Crippen molar-refractivity contribution in [1.82, 2.24) is 4.67 Å². The second-order valence-corrected chi connectivity index (χ2v) is 14.6. The minimum atomic E-state index is -2.20. The fraction of sp³-hybridized carbons (Fsp3) is 0.273.